The number of piperazine rings is 1. The molecule has 0 amide bonds. The van der Waals surface area contributed by atoms with Gasteiger partial charge in [0.2, 0.25) is 0 Å². The van der Waals surface area contributed by atoms with Gasteiger partial charge in [-0.2, -0.15) is 0 Å². The Kier molecular flexibility index (Phi) is 5.72. The van der Waals surface area contributed by atoms with E-state index in [4.69, 9.17) is 4.74 Å². The lowest BCUT2D eigenvalue weighted by Gasteiger charge is -2.52. The van der Waals surface area contributed by atoms with Crippen molar-refractivity contribution in [3.05, 3.63) is 0 Å². The molecule has 2 aliphatic heterocycles. The number of hydrogen-bond acceptors (Lipinski definition) is 3. The Morgan fingerprint density at radius 3 is 2.43 bits per heavy atom. The fourth-order valence-electron chi connectivity index (χ4n) is 3.98. The van der Waals surface area contributed by atoms with Crippen molar-refractivity contribution in [2.75, 3.05) is 26.2 Å². The number of hydrogen-bond donors (Lipinski definition) is 1. The average Bonchev–Trinajstić information content (AvgIpc) is 2.47. The predicted octanol–water partition coefficient (Wildman–Crippen LogP) is 3.43. The van der Waals surface area contributed by atoms with Gasteiger partial charge in [-0.1, -0.05) is 34.6 Å². The van der Waals surface area contributed by atoms with E-state index in [2.05, 4.69) is 44.8 Å². The molecule has 2 atom stereocenters. The van der Waals surface area contributed by atoms with Gasteiger partial charge in [-0.25, -0.2) is 0 Å². The molecule has 0 aromatic rings. The van der Waals surface area contributed by atoms with E-state index in [1.54, 1.807) is 0 Å². The molecule has 3 heteroatoms. The smallest absolute Gasteiger partial charge is 0.0702 e. The zero-order valence-corrected chi connectivity index (χ0v) is 14.9. The Bertz CT molecular complexity index is 314. The van der Waals surface area contributed by atoms with E-state index in [-0.39, 0.29) is 0 Å². The highest BCUT2D eigenvalue weighted by molar-refractivity contribution is 5.00. The predicted molar refractivity (Wildman–Crippen MR) is 89.7 cm³/mol. The molecule has 1 N–H and O–H groups in total. The third kappa shape index (κ3) is 4.20. The summed E-state index contributed by atoms with van der Waals surface area (Å²) in [5.74, 6) is 0. The van der Waals surface area contributed by atoms with Crippen LogP contribution in [0.2, 0.25) is 0 Å². The quantitative estimate of drug-likeness (QED) is 0.860. The fraction of sp³-hybridized carbons (Fsp3) is 1.00. The zero-order valence-electron chi connectivity index (χ0n) is 14.9. The van der Waals surface area contributed by atoms with Crippen LogP contribution in [0.15, 0.2) is 0 Å². The summed E-state index contributed by atoms with van der Waals surface area (Å²) in [7, 11) is 0. The summed E-state index contributed by atoms with van der Waals surface area (Å²) >= 11 is 0. The van der Waals surface area contributed by atoms with Crippen molar-refractivity contribution in [2.24, 2.45) is 5.41 Å². The van der Waals surface area contributed by atoms with E-state index in [9.17, 15) is 0 Å². The molecule has 2 saturated heterocycles. The van der Waals surface area contributed by atoms with Crippen molar-refractivity contribution < 1.29 is 4.74 Å². The lowest BCUT2D eigenvalue weighted by atomic mass is 9.79. The van der Waals surface area contributed by atoms with Crippen LogP contribution in [0.4, 0.5) is 0 Å². The second-order valence-electron chi connectivity index (χ2n) is 8.17. The molecule has 124 valence electrons. The van der Waals surface area contributed by atoms with Gasteiger partial charge in [-0.15, -0.1) is 0 Å². The summed E-state index contributed by atoms with van der Waals surface area (Å²) in [6, 6.07) is 0.606. The highest BCUT2D eigenvalue weighted by Crippen LogP contribution is 2.32. The summed E-state index contributed by atoms with van der Waals surface area (Å²) in [6.07, 6.45) is 6.70. The second kappa shape index (κ2) is 6.97. The minimum absolute atomic E-state index is 0.302. The van der Waals surface area contributed by atoms with Crippen molar-refractivity contribution >= 4 is 0 Å². The summed E-state index contributed by atoms with van der Waals surface area (Å²) in [6.45, 7) is 16.1. The van der Waals surface area contributed by atoms with Crippen molar-refractivity contribution in [3.63, 3.8) is 0 Å². The molecule has 0 aliphatic carbocycles. The summed E-state index contributed by atoms with van der Waals surface area (Å²) in [4.78, 5) is 2.74. The molecular weight excluding hydrogens is 260 g/mol. The van der Waals surface area contributed by atoms with Crippen LogP contribution < -0.4 is 5.32 Å². The standard InChI is InChI=1S/C18H36N2O/c1-6-18(7-2)14-20(13-15-10-8-9-11-21-15)16(12-19-18)17(3,4)5/h15-16,19H,6-14H2,1-5H3. The first-order valence-electron chi connectivity index (χ1n) is 9.01. The van der Waals surface area contributed by atoms with Crippen LogP contribution in [0.1, 0.15) is 66.7 Å². The SMILES string of the molecule is CCC1(CC)CN(CC2CCCCO2)C(C(C)(C)C)CN1. The van der Waals surface area contributed by atoms with Crippen LogP contribution in [0.5, 0.6) is 0 Å². The highest BCUT2D eigenvalue weighted by Gasteiger charge is 2.41. The topological polar surface area (TPSA) is 24.5 Å². The molecule has 0 saturated carbocycles. The Balaban J connectivity index is 2.08. The lowest BCUT2D eigenvalue weighted by Crippen LogP contribution is -2.67. The highest BCUT2D eigenvalue weighted by atomic mass is 16.5. The van der Waals surface area contributed by atoms with E-state index >= 15 is 0 Å². The molecule has 2 unspecified atom stereocenters. The molecule has 3 nitrogen and oxygen atoms in total. The third-order valence-corrected chi connectivity index (χ3v) is 5.68. The number of nitrogens with one attached hydrogen (secondary N) is 1. The van der Waals surface area contributed by atoms with Gasteiger partial charge in [0, 0.05) is 37.8 Å². The van der Waals surface area contributed by atoms with Gasteiger partial charge in [-0.3, -0.25) is 4.90 Å². The van der Waals surface area contributed by atoms with Gasteiger partial charge in [0.1, 0.15) is 0 Å². The molecular formula is C18H36N2O. The van der Waals surface area contributed by atoms with Crippen LogP contribution >= 0.6 is 0 Å². The van der Waals surface area contributed by atoms with E-state index in [0.29, 0.717) is 23.1 Å². The number of nitrogens with zero attached hydrogens (tertiary/aromatic N) is 1. The molecule has 2 rings (SSSR count). The van der Waals surface area contributed by atoms with E-state index in [1.807, 2.05) is 0 Å². The first-order chi connectivity index (χ1) is 9.90. The van der Waals surface area contributed by atoms with Gasteiger partial charge in [0.05, 0.1) is 6.10 Å². The minimum Gasteiger partial charge on any atom is -0.377 e. The van der Waals surface area contributed by atoms with Crippen LogP contribution in [0.3, 0.4) is 0 Å². The third-order valence-electron chi connectivity index (χ3n) is 5.68. The van der Waals surface area contributed by atoms with Gasteiger partial charge in [0.25, 0.3) is 0 Å². The Hall–Kier alpha value is -0.120. The second-order valence-corrected chi connectivity index (χ2v) is 8.17. The average molecular weight is 296 g/mol. The molecule has 2 aliphatic rings. The Morgan fingerprint density at radius 1 is 1.19 bits per heavy atom. The first kappa shape index (κ1) is 17.2. The van der Waals surface area contributed by atoms with Gasteiger partial charge in [-0.05, 0) is 37.5 Å². The largest absolute Gasteiger partial charge is 0.377 e. The van der Waals surface area contributed by atoms with Gasteiger partial charge >= 0.3 is 0 Å². The van der Waals surface area contributed by atoms with Crippen molar-refractivity contribution in [2.45, 2.75) is 84.4 Å². The van der Waals surface area contributed by atoms with Crippen molar-refractivity contribution in [1.82, 2.24) is 10.2 Å². The maximum absolute atomic E-state index is 6.02. The van der Waals surface area contributed by atoms with Crippen LogP contribution in [0, 0.1) is 5.41 Å². The molecule has 0 bridgehead atoms. The zero-order chi connectivity index (χ0) is 15.5. The Morgan fingerprint density at radius 2 is 1.90 bits per heavy atom. The molecule has 0 spiro atoms. The monoisotopic (exact) mass is 296 g/mol. The van der Waals surface area contributed by atoms with Gasteiger partial charge < -0.3 is 10.1 Å². The first-order valence-corrected chi connectivity index (χ1v) is 9.01. The summed E-state index contributed by atoms with van der Waals surface area (Å²) < 4.78 is 6.02. The van der Waals surface area contributed by atoms with Crippen LogP contribution in [-0.4, -0.2) is 48.8 Å². The normalized spacial score (nSPS) is 31.3. The maximum Gasteiger partial charge on any atom is 0.0702 e. The van der Waals surface area contributed by atoms with Crippen molar-refractivity contribution in [1.29, 1.82) is 0 Å². The van der Waals surface area contributed by atoms with E-state index in [1.165, 1.54) is 38.6 Å². The molecule has 0 aromatic carbocycles. The molecule has 0 radical (unpaired) electrons. The van der Waals surface area contributed by atoms with Gasteiger partial charge in [0.15, 0.2) is 0 Å². The van der Waals surface area contributed by atoms with E-state index < -0.39 is 0 Å². The Labute approximate surface area is 131 Å². The summed E-state index contributed by atoms with van der Waals surface area (Å²) in [5.41, 5.74) is 0.617. The number of rotatable bonds is 4. The molecule has 2 heterocycles. The van der Waals surface area contributed by atoms with Crippen LogP contribution in [0.25, 0.3) is 0 Å². The molecule has 21 heavy (non-hydrogen) atoms. The fourth-order valence-corrected chi connectivity index (χ4v) is 3.98. The van der Waals surface area contributed by atoms with Crippen molar-refractivity contribution in [3.8, 4) is 0 Å². The maximum atomic E-state index is 6.02. The van der Waals surface area contributed by atoms with E-state index in [0.717, 1.165) is 19.7 Å². The molecule has 0 aromatic heterocycles. The minimum atomic E-state index is 0.302. The summed E-state index contributed by atoms with van der Waals surface area (Å²) in [5, 5.41) is 3.87. The number of ether oxygens (including phenoxy) is 1. The van der Waals surface area contributed by atoms with Crippen LogP contribution in [-0.2, 0) is 4.74 Å². The molecule has 2 fully saturated rings. The lowest BCUT2D eigenvalue weighted by molar-refractivity contribution is -0.0487.